The second-order valence-electron chi connectivity index (χ2n) is 3.91. The van der Waals surface area contributed by atoms with Crippen LogP contribution in [0.1, 0.15) is 33.1 Å². The summed E-state index contributed by atoms with van der Waals surface area (Å²) in [5.41, 5.74) is -0.157. The van der Waals surface area contributed by atoms with Crippen LogP contribution in [0.3, 0.4) is 0 Å². The van der Waals surface area contributed by atoms with E-state index in [-0.39, 0.29) is 11.7 Å². The van der Waals surface area contributed by atoms with Crippen LogP contribution in [0.4, 0.5) is 0 Å². The second kappa shape index (κ2) is 3.11. The summed E-state index contributed by atoms with van der Waals surface area (Å²) in [6.45, 7) is 4.10. The smallest absolute Gasteiger partial charge is 0.0675 e. The summed E-state index contributed by atoms with van der Waals surface area (Å²) in [7, 11) is 1.71. The summed E-state index contributed by atoms with van der Waals surface area (Å²) >= 11 is 0. The van der Waals surface area contributed by atoms with E-state index in [1.807, 2.05) is 13.8 Å². The molecule has 0 unspecified atom stereocenters. The van der Waals surface area contributed by atoms with Gasteiger partial charge in [0.2, 0.25) is 0 Å². The Hall–Kier alpha value is -0.0800. The quantitative estimate of drug-likeness (QED) is 0.661. The number of aliphatic hydroxyl groups is 1. The molecule has 0 bridgehead atoms. The van der Waals surface area contributed by atoms with Gasteiger partial charge in [-0.05, 0) is 26.7 Å². The third-order valence-corrected chi connectivity index (χ3v) is 2.90. The second-order valence-corrected chi connectivity index (χ2v) is 3.91. The monoisotopic (exact) mass is 158 g/mol. The van der Waals surface area contributed by atoms with Gasteiger partial charge in [-0.3, -0.25) is 0 Å². The Balaban J connectivity index is 2.58. The molecule has 1 fully saturated rings. The molecule has 0 amide bonds. The first-order valence-corrected chi connectivity index (χ1v) is 4.31. The van der Waals surface area contributed by atoms with E-state index >= 15 is 0 Å². The Morgan fingerprint density at radius 1 is 1.36 bits per heavy atom. The fourth-order valence-electron chi connectivity index (χ4n) is 1.90. The minimum atomic E-state index is -0.157. The van der Waals surface area contributed by atoms with Gasteiger partial charge >= 0.3 is 0 Å². The summed E-state index contributed by atoms with van der Waals surface area (Å²) in [5.74, 6) is 0.326. The summed E-state index contributed by atoms with van der Waals surface area (Å²) in [6, 6.07) is 0. The van der Waals surface area contributed by atoms with Crippen molar-refractivity contribution in [1.29, 1.82) is 0 Å². The lowest BCUT2D eigenvalue weighted by Crippen LogP contribution is -2.37. The molecule has 2 heteroatoms. The predicted octanol–water partition coefficient (Wildman–Crippen LogP) is 1.57. The van der Waals surface area contributed by atoms with Crippen LogP contribution in [0.5, 0.6) is 0 Å². The molecule has 0 aromatic heterocycles. The zero-order valence-electron chi connectivity index (χ0n) is 7.63. The summed E-state index contributed by atoms with van der Waals surface area (Å²) in [4.78, 5) is 0. The van der Waals surface area contributed by atoms with Gasteiger partial charge in [-0.25, -0.2) is 0 Å². The lowest BCUT2D eigenvalue weighted by atomic mass is 9.88. The highest BCUT2D eigenvalue weighted by Gasteiger charge is 2.37. The third-order valence-electron chi connectivity index (χ3n) is 2.90. The first kappa shape index (κ1) is 9.01. The van der Waals surface area contributed by atoms with Crippen molar-refractivity contribution in [1.82, 2.24) is 0 Å². The van der Waals surface area contributed by atoms with Crippen LogP contribution in [0, 0.1) is 5.92 Å². The molecular weight excluding hydrogens is 140 g/mol. The van der Waals surface area contributed by atoms with E-state index in [1.54, 1.807) is 7.11 Å². The van der Waals surface area contributed by atoms with Gasteiger partial charge in [0.05, 0.1) is 11.7 Å². The Morgan fingerprint density at radius 3 is 2.36 bits per heavy atom. The topological polar surface area (TPSA) is 29.5 Å². The zero-order valence-corrected chi connectivity index (χ0v) is 7.63. The molecule has 2 nitrogen and oxygen atoms in total. The van der Waals surface area contributed by atoms with Crippen LogP contribution in [0.15, 0.2) is 0 Å². The number of aliphatic hydroxyl groups excluding tert-OH is 1. The van der Waals surface area contributed by atoms with Crippen molar-refractivity contribution in [3.63, 3.8) is 0 Å². The van der Waals surface area contributed by atoms with Gasteiger partial charge in [0.25, 0.3) is 0 Å². The molecule has 2 atom stereocenters. The number of hydrogen-bond donors (Lipinski definition) is 1. The molecule has 0 aromatic carbocycles. The largest absolute Gasteiger partial charge is 0.393 e. The fourth-order valence-corrected chi connectivity index (χ4v) is 1.90. The minimum Gasteiger partial charge on any atom is -0.393 e. The maximum Gasteiger partial charge on any atom is 0.0675 e. The number of ether oxygens (including phenoxy) is 1. The van der Waals surface area contributed by atoms with E-state index in [9.17, 15) is 5.11 Å². The Kier molecular flexibility index (Phi) is 2.55. The van der Waals surface area contributed by atoms with E-state index in [1.165, 1.54) is 0 Å². The van der Waals surface area contributed by atoms with Gasteiger partial charge in [0.15, 0.2) is 0 Å². The maximum absolute atomic E-state index is 9.58. The van der Waals surface area contributed by atoms with E-state index in [0.29, 0.717) is 5.92 Å². The van der Waals surface area contributed by atoms with Crippen molar-refractivity contribution in [3.05, 3.63) is 0 Å². The van der Waals surface area contributed by atoms with Gasteiger partial charge in [0.1, 0.15) is 0 Å². The third kappa shape index (κ3) is 1.74. The highest BCUT2D eigenvalue weighted by Crippen LogP contribution is 2.35. The van der Waals surface area contributed by atoms with Crippen molar-refractivity contribution in [2.45, 2.75) is 44.8 Å². The molecule has 0 spiro atoms. The fraction of sp³-hybridized carbons (Fsp3) is 1.00. The standard InChI is InChI=1S/C9H18O2/c1-9(2,11-3)7-5-4-6-8(7)10/h7-8,10H,4-6H2,1-3H3/t7-,8+/m1/s1. The number of rotatable bonds is 2. The molecule has 1 aliphatic rings. The summed E-state index contributed by atoms with van der Waals surface area (Å²) < 4.78 is 5.33. The van der Waals surface area contributed by atoms with Crippen molar-refractivity contribution in [3.8, 4) is 0 Å². The predicted molar refractivity (Wildman–Crippen MR) is 44.4 cm³/mol. The molecule has 1 N–H and O–H groups in total. The van der Waals surface area contributed by atoms with Crippen LogP contribution in [-0.4, -0.2) is 23.9 Å². The molecule has 0 heterocycles. The van der Waals surface area contributed by atoms with Crippen molar-refractivity contribution >= 4 is 0 Å². The summed E-state index contributed by atoms with van der Waals surface area (Å²) in [6.07, 6.45) is 3.03. The van der Waals surface area contributed by atoms with Gasteiger partial charge in [-0.2, -0.15) is 0 Å². The number of hydrogen-bond acceptors (Lipinski definition) is 2. The van der Waals surface area contributed by atoms with Crippen LogP contribution in [0.2, 0.25) is 0 Å². The van der Waals surface area contributed by atoms with Crippen LogP contribution < -0.4 is 0 Å². The van der Waals surface area contributed by atoms with E-state index in [2.05, 4.69) is 0 Å². The first-order valence-electron chi connectivity index (χ1n) is 4.31. The SMILES string of the molecule is COC(C)(C)[C@@H]1CCC[C@@H]1O. The van der Waals surface area contributed by atoms with E-state index < -0.39 is 0 Å². The van der Waals surface area contributed by atoms with Crippen LogP contribution >= 0.6 is 0 Å². The Morgan fingerprint density at radius 2 is 2.00 bits per heavy atom. The molecular formula is C9H18O2. The molecule has 66 valence electrons. The van der Waals surface area contributed by atoms with Gasteiger partial charge in [-0.1, -0.05) is 6.42 Å². The average Bonchev–Trinajstić information content (AvgIpc) is 2.36. The van der Waals surface area contributed by atoms with Crippen LogP contribution in [0.25, 0.3) is 0 Å². The van der Waals surface area contributed by atoms with Gasteiger partial charge in [0, 0.05) is 13.0 Å². The Labute approximate surface area is 68.6 Å². The lowest BCUT2D eigenvalue weighted by Gasteiger charge is -2.32. The molecule has 1 aliphatic carbocycles. The Bertz CT molecular complexity index is 132. The lowest BCUT2D eigenvalue weighted by molar-refractivity contribution is -0.0627. The average molecular weight is 158 g/mol. The normalized spacial score (nSPS) is 32.7. The van der Waals surface area contributed by atoms with Gasteiger partial charge in [-0.15, -0.1) is 0 Å². The van der Waals surface area contributed by atoms with Crippen molar-refractivity contribution < 1.29 is 9.84 Å². The van der Waals surface area contributed by atoms with E-state index in [4.69, 9.17) is 4.74 Å². The van der Waals surface area contributed by atoms with Crippen molar-refractivity contribution in [2.75, 3.05) is 7.11 Å². The van der Waals surface area contributed by atoms with Crippen LogP contribution in [-0.2, 0) is 4.74 Å². The molecule has 1 rings (SSSR count). The highest BCUT2D eigenvalue weighted by molar-refractivity contribution is 4.88. The zero-order chi connectivity index (χ0) is 8.48. The number of methoxy groups -OCH3 is 1. The molecule has 1 saturated carbocycles. The molecule has 11 heavy (non-hydrogen) atoms. The molecule has 0 aliphatic heterocycles. The minimum absolute atomic E-state index is 0.148. The van der Waals surface area contributed by atoms with Gasteiger partial charge < -0.3 is 9.84 Å². The molecule has 0 aromatic rings. The van der Waals surface area contributed by atoms with Crippen molar-refractivity contribution in [2.24, 2.45) is 5.92 Å². The molecule has 0 radical (unpaired) electrons. The summed E-state index contributed by atoms with van der Waals surface area (Å²) in [5, 5.41) is 9.58. The van der Waals surface area contributed by atoms with E-state index in [0.717, 1.165) is 19.3 Å². The highest BCUT2D eigenvalue weighted by atomic mass is 16.5. The maximum atomic E-state index is 9.58. The first-order chi connectivity index (χ1) is 5.08. The molecule has 0 saturated heterocycles.